The minimum Gasteiger partial charge on any atom is -0.481 e. The molecule has 8 heteroatoms. The van der Waals surface area contributed by atoms with Gasteiger partial charge in [0.2, 0.25) is 6.10 Å². The minimum absolute atomic E-state index is 0.0662. The van der Waals surface area contributed by atoms with Crippen LogP contribution >= 0.6 is 11.6 Å². The van der Waals surface area contributed by atoms with Crippen molar-refractivity contribution in [2.45, 2.75) is 24.8 Å². The maximum absolute atomic E-state index is 13.3. The normalized spacial score (nSPS) is 14.0. The maximum atomic E-state index is 13.3. The molecular formula is C17H14ClF3O4. The second-order valence-electron chi connectivity index (χ2n) is 5.27. The predicted molar refractivity (Wildman–Crippen MR) is 84.5 cm³/mol. The van der Waals surface area contributed by atoms with Crippen LogP contribution in [0, 0.1) is 0 Å². The van der Waals surface area contributed by atoms with Crippen molar-refractivity contribution in [1.82, 2.24) is 0 Å². The Morgan fingerprint density at radius 3 is 2.04 bits per heavy atom. The molecule has 0 amide bonds. The molecule has 0 radical (unpaired) electrons. The molecule has 0 saturated carbocycles. The van der Waals surface area contributed by atoms with Crippen molar-refractivity contribution in [2.75, 3.05) is 0 Å². The number of aliphatic hydroxyl groups is 1. The molecule has 0 heterocycles. The molecule has 2 aromatic rings. The molecule has 2 rings (SSSR count). The first-order valence-corrected chi connectivity index (χ1v) is 7.53. The Morgan fingerprint density at radius 1 is 1.04 bits per heavy atom. The number of carbonyl (C=O) groups is 1. The molecule has 4 nitrogen and oxygen atoms in total. The third kappa shape index (κ3) is 5.37. The smallest absolute Gasteiger partial charge is 0.429 e. The molecule has 0 fully saturated rings. The first kappa shape index (κ1) is 19.1. The lowest BCUT2D eigenvalue weighted by atomic mass is 10.1. The van der Waals surface area contributed by atoms with Crippen LogP contribution in [0.5, 0.6) is 5.75 Å². The number of alkyl halides is 3. The van der Waals surface area contributed by atoms with E-state index >= 15 is 0 Å². The number of hydrogen-bond donors (Lipinski definition) is 2. The average molecular weight is 375 g/mol. The van der Waals surface area contributed by atoms with Crippen LogP contribution in [0.4, 0.5) is 13.2 Å². The zero-order valence-electron chi connectivity index (χ0n) is 12.7. The lowest BCUT2D eigenvalue weighted by Gasteiger charge is -2.22. The van der Waals surface area contributed by atoms with Gasteiger partial charge >= 0.3 is 12.1 Å². The van der Waals surface area contributed by atoms with Crippen LogP contribution in [-0.4, -0.2) is 22.4 Å². The average Bonchev–Trinajstić information content (AvgIpc) is 2.52. The van der Waals surface area contributed by atoms with E-state index in [1.807, 2.05) is 0 Å². The van der Waals surface area contributed by atoms with Crippen molar-refractivity contribution in [2.24, 2.45) is 0 Å². The molecule has 134 valence electrons. The fourth-order valence-electron chi connectivity index (χ4n) is 2.15. The predicted octanol–water partition coefficient (Wildman–Crippen LogP) is 4.53. The van der Waals surface area contributed by atoms with Crippen molar-refractivity contribution in [1.29, 1.82) is 0 Å². The van der Waals surface area contributed by atoms with Crippen molar-refractivity contribution in [3.05, 3.63) is 64.7 Å². The monoisotopic (exact) mass is 374 g/mol. The quantitative estimate of drug-likeness (QED) is 0.779. The molecule has 2 atom stereocenters. The van der Waals surface area contributed by atoms with E-state index < -0.39 is 30.8 Å². The van der Waals surface area contributed by atoms with Gasteiger partial charge in [0.25, 0.3) is 0 Å². The highest BCUT2D eigenvalue weighted by Crippen LogP contribution is 2.37. The van der Waals surface area contributed by atoms with E-state index in [9.17, 15) is 23.1 Å². The number of hydrogen-bond acceptors (Lipinski definition) is 3. The summed E-state index contributed by atoms with van der Waals surface area (Å²) in [6.07, 6.45) is -8.58. The Morgan fingerprint density at radius 2 is 1.56 bits per heavy atom. The van der Waals surface area contributed by atoms with E-state index in [4.69, 9.17) is 21.4 Å². The highest BCUT2D eigenvalue weighted by molar-refractivity contribution is 6.30. The second-order valence-corrected chi connectivity index (χ2v) is 5.71. The first-order valence-electron chi connectivity index (χ1n) is 7.15. The first-order chi connectivity index (χ1) is 11.7. The van der Waals surface area contributed by atoms with Crippen molar-refractivity contribution in [3.8, 4) is 5.75 Å². The zero-order valence-corrected chi connectivity index (χ0v) is 13.5. The summed E-state index contributed by atoms with van der Waals surface area (Å²) in [6, 6.07) is 10.3. The van der Waals surface area contributed by atoms with Gasteiger partial charge in [-0.25, -0.2) is 0 Å². The van der Waals surface area contributed by atoms with E-state index in [0.717, 1.165) is 0 Å². The SMILES string of the molecule is O=C(O)CC(O)c1ccc(OC(c2ccc(Cl)cc2)C(F)(F)F)cc1. The van der Waals surface area contributed by atoms with Crippen LogP contribution in [-0.2, 0) is 4.79 Å². The van der Waals surface area contributed by atoms with Crippen molar-refractivity contribution >= 4 is 17.6 Å². The number of benzene rings is 2. The topological polar surface area (TPSA) is 66.8 Å². The standard InChI is InChI=1S/C17H14ClF3O4/c18-12-5-1-11(2-6-12)16(17(19,20)21)25-13-7-3-10(4-8-13)14(22)9-15(23)24/h1-8,14,16,22H,9H2,(H,23,24). The molecule has 2 unspecified atom stereocenters. The summed E-state index contributed by atoms with van der Waals surface area (Å²) in [4.78, 5) is 10.6. The van der Waals surface area contributed by atoms with Gasteiger partial charge in [-0.05, 0) is 29.8 Å². The number of halogens is 4. The van der Waals surface area contributed by atoms with Gasteiger partial charge in [0.05, 0.1) is 12.5 Å². The third-order valence-corrected chi connectivity index (χ3v) is 3.61. The molecule has 0 aromatic heterocycles. The molecule has 0 saturated heterocycles. The number of carboxylic acids is 1. The second kappa shape index (κ2) is 7.76. The molecule has 0 bridgehead atoms. The fraction of sp³-hybridized carbons (Fsp3) is 0.235. The highest BCUT2D eigenvalue weighted by atomic mass is 35.5. The van der Waals surface area contributed by atoms with Crippen molar-refractivity contribution in [3.63, 3.8) is 0 Å². The molecule has 0 aliphatic carbocycles. The van der Waals surface area contributed by atoms with Crippen LogP contribution < -0.4 is 4.74 Å². The molecular weight excluding hydrogens is 361 g/mol. The number of ether oxygens (including phenoxy) is 1. The molecule has 0 aliphatic rings. The maximum Gasteiger partial charge on any atom is 0.429 e. The molecule has 2 N–H and O–H groups in total. The van der Waals surface area contributed by atoms with Gasteiger partial charge in [0, 0.05) is 10.6 Å². The van der Waals surface area contributed by atoms with E-state index in [1.165, 1.54) is 48.5 Å². The van der Waals surface area contributed by atoms with Gasteiger partial charge in [-0.1, -0.05) is 35.9 Å². The summed E-state index contributed by atoms with van der Waals surface area (Å²) in [6.45, 7) is 0. The third-order valence-electron chi connectivity index (χ3n) is 3.36. The van der Waals surface area contributed by atoms with Gasteiger partial charge < -0.3 is 14.9 Å². The number of carboxylic acid groups (broad SMARTS) is 1. The number of aliphatic carboxylic acids is 1. The number of rotatable bonds is 6. The Kier molecular flexibility index (Phi) is 5.92. The van der Waals surface area contributed by atoms with Gasteiger partial charge in [-0.2, -0.15) is 13.2 Å². The lowest BCUT2D eigenvalue weighted by molar-refractivity contribution is -0.198. The summed E-state index contributed by atoms with van der Waals surface area (Å²) in [7, 11) is 0. The van der Waals surface area contributed by atoms with Crippen LogP contribution in [0.1, 0.15) is 29.8 Å². The summed E-state index contributed by atoms with van der Waals surface area (Å²) in [5.74, 6) is -1.25. The van der Waals surface area contributed by atoms with Crippen LogP contribution in [0.25, 0.3) is 0 Å². The highest BCUT2D eigenvalue weighted by Gasteiger charge is 2.43. The Balaban J connectivity index is 2.19. The molecule has 0 spiro atoms. The van der Waals surface area contributed by atoms with Gasteiger partial charge in [-0.3, -0.25) is 4.79 Å². The molecule has 0 aliphatic heterocycles. The summed E-state index contributed by atoms with van der Waals surface area (Å²) < 4.78 is 44.9. The van der Waals surface area contributed by atoms with Gasteiger partial charge in [-0.15, -0.1) is 0 Å². The summed E-state index contributed by atoms with van der Waals surface area (Å²) in [5.41, 5.74) is 0.164. The van der Waals surface area contributed by atoms with Crippen LogP contribution in [0.15, 0.2) is 48.5 Å². The zero-order chi connectivity index (χ0) is 18.6. The fourth-order valence-corrected chi connectivity index (χ4v) is 2.28. The minimum atomic E-state index is -4.64. The largest absolute Gasteiger partial charge is 0.481 e. The van der Waals surface area contributed by atoms with E-state index in [2.05, 4.69) is 0 Å². The Bertz CT molecular complexity index is 714. The number of aliphatic hydroxyl groups excluding tert-OH is 1. The van der Waals surface area contributed by atoms with E-state index in [0.29, 0.717) is 5.02 Å². The Hall–Kier alpha value is -2.25. The molecule has 2 aromatic carbocycles. The van der Waals surface area contributed by atoms with Crippen LogP contribution in [0.3, 0.4) is 0 Å². The van der Waals surface area contributed by atoms with E-state index in [-0.39, 0.29) is 16.9 Å². The summed E-state index contributed by atoms with van der Waals surface area (Å²) >= 11 is 5.69. The van der Waals surface area contributed by atoms with Gasteiger partial charge in [0.1, 0.15) is 5.75 Å². The van der Waals surface area contributed by atoms with Crippen molar-refractivity contribution < 1.29 is 32.9 Å². The van der Waals surface area contributed by atoms with E-state index in [1.54, 1.807) is 0 Å². The van der Waals surface area contributed by atoms with Crippen LogP contribution in [0.2, 0.25) is 5.02 Å². The lowest BCUT2D eigenvalue weighted by Crippen LogP contribution is -2.26. The summed E-state index contributed by atoms with van der Waals surface area (Å²) in [5, 5.41) is 18.6. The Labute approximate surface area is 146 Å². The van der Waals surface area contributed by atoms with Gasteiger partial charge in [0.15, 0.2) is 0 Å². The molecule has 25 heavy (non-hydrogen) atoms.